The molecule has 10 heteroatoms. The number of aryl methyl sites for hydroxylation is 1. The van der Waals surface area contributed by atoms with Crippen molar-refractivity contribution < 1.29 is 9.18 Å². The lowest BCUT2D eigenvalue weighted by atomic mass is 9.49. The van der Waals surface area contributed by atoms with Crippen LogP contribution in [0.1, 0.15) is 44.2 Å². The number of H-pyrrole nitrogens is 1. The third-order valence-electron chi connectivity index (χ3n) is 8.29. The molecular weight excluding hydrogens is 461 g/mol. The molecule has 8 rings (SSSR count). The highest BCUT2D eigenvalue weighted by molar-refractivity contribution is 5.95. The minimum atomic E-state index is -0.380. The zero-order valence-electron chi connectivity index (χ0n) is 19.9. The van der Waals surface area contributed by atoms with E-state index in [1.807, 2.05) is 6.92 Å². The zero-order chi connectivity index (χ0) is 24.6. The number of hydrogen-bond acceptors (Lipinski definition) is 5. The summed E-state index contributed by atoms with van der Waals surface area (Å²) in [5, 5.41) is 12.2. The van der Waals surface area contributed by atoms with Gasteiger partial charge in [-0.3, -0.25) is 14.6 Å². The van der Waals surface area contributed by atoms with Crippen molar-refractivity contribution in [3.63, 3.8) is 0 Å². The summed E-state index contributed by atoms with van der Waals surface area (Å²) in [6, 6.07) is 7.58. The smallest absolute Gasteiger partial charge is 0.263 e. The van der Waals surface area contributed by atoms with Gasteiger partial charge in [0, 0.05) is 6.07 Å². The summed E-state index contributed by atoms with van der Waals surface area (Å²) in [7, 11) is 0. The van der Waals surface area contributed by atoms with Gasteiger partial charge in [0.1, 0.15) is 17.0 Å². The predicted octanol–water partition coefficient (Wildman–Crippen LogP) is 3.90. The van der Waals surface area contributed by atoms with Crippen LogP contribution in [0.25, 0.3) is 22.7 Å². The Labute approximate surface area is 205 Å². The summed E-state index contributed by atoms with van der Waals surface area (Å²) in [4.78, 5) is 34.0. The minimum Gasteiger partial charge on any atom is -0.310 e. The van der Waals surface area contributed by atoms with Crippen LogP contribution >= 0.6 is 0 Å². The Balaban J connectivity index is 1.26. The van der Waals surface area contributed by atoms with Gasteiger partial charge in [-0.1, -0.05) is 0 Å². The molecule has 4 aliphatic rings. The lowest BCUT2D eigenvalue weighted by molar-refractivity contribution is -0.140. The molecule has 0 atom stereocenters. The fourth-order valence-electron chi connectivity index (χ4n) is 7.17. The molecule has 0 radical (unpaired) electrons. The maximum absolute atomic E-state index is 13.7. The third-order valence-corrected chi connectivity index (χ3v) is 8.29. The van der Waals surface area contributed by atoms with Crippen molar-refractivity contribution in [3.8, 4) is 11.6 Å². The Morgan fingerprint density at radius 2 is 1.75 bits per heavy atom. The normalized spacial score (nSPS) is 26.6. The van der Waals surface area contributed by atoms with E-state index in [-0.39, 0.29) is 28.6 Å². The quantitative estimate of drug-likeness (QED) is 0.454. The molecule has 9 nitrogen and oxygen atoms in total. The number of carbonyl (C=O) groups is 1. The van der Waals surface area contributed by atoms with Gasteiger partial charge in [0.25, 0.3) is 5.56 Å². The molecule has 0 unspecified atom stereocenters. The summed E-state index contributed by atoms with van der Waals surface area (Å²) in [6.45, 7) is 1.83. The minimum absolute atomic E-state index is 0.0440. The van der Waals surface area contributed by atoms with Crippen LogP contribution in [-0.4, -0.2) is 35.4 Å². The number of nitrogens with one attached hydrogen (secondary N) is 2. The van der Waals surface area contributed by atoms with Crippen molar-refractivity contribution in [2.45, 2.75) is 45.4 Å². The molecule has 0 spiro atoms. The SMILES string of the molecule is Cc1cc(NC(=O)C23CC4CC(CC(C4)C2)C3)n(-c2nc3c(cnn3-c3ccc(F)cc3)c(=O)[nH]2)n1. The van der Waals surface area contributed by atoms with Gasteiger partial charge in [0.15, 0.2) is 5.65 Å². The van der Waals surface area contributed by atoms with Crippen LogP contribution in [0.5, 0.6) is 0 Å². The third kappa shape index (κ3) is 3.30. The Hall–Kier alpha value is -3.82. The molecule has 4 aromatic rings. The molecular formula is C26H26FN7O2. The van der Waals surface area contributed by atoms with E-state index in [9.17, 15) is 14.0 Å². The van der Waals surface area contributed by atoms with Crippen molar-refractivity contribution >= 4 is 22.8 Å². The van der Waals surface area contributed by atoms with E-state index in [0.717, 1.165) is 19.3 Å². The number of fused-ring (bicyclic) bond motifs is 1. The number of aromatic amines is 1. The monoisotopic (exact) mass is 487 g/mol. The van der Waals surface area contributed by atoms with E-state index in [4.69, 9.17) is 0 Å². The zero-order valence-corrected chi connectivity index (χ0v) is 19.9. The Bertz CT molecular complexity index is 1530. The van der Waals surface area contributed by atoms with Crippen LogP contribution in [0, 0.1) is 35.9 Å². The maximum Gasteiger partial charge on any atom is 0.263 e. The van der Waals surface area contributed by atoms with Crippen LogP contribution in [0.4, 0.5) is 10.2 Å². The summed E-state index contributed by atoms with van der Waals surface area (Å²) in [5.41, 5.74) is 0.874. The second kappa shape index (κ2) is 7.59. The van der Waals surface area contributed by atoms with Crippen molar-refractivity contribution in [2.75, 3.05) is 5.32 Å². The summed E-state index contributed by atoms with van der Waals surface area (Å²) in [6.07, 6.45) is 8.07. The average molecular weight is 488 g/mol. The molecule has 36 heavy (non-hydrogen) atoms. The van der Waals surface area contributed by atoms with Crippen LogP contribution < -0.4 is 10.9 Å². The van der Waals surface area contributed by atoms with E-state index >= 15 is 0 Å². The van der Waals surface area contributed by atoms with E-state index < -0.39 is 0 Å². The molecule has 4 aliphatic carbocycles. The molecule has 4 bridgehead atoms. The molecule has 3 aromatic heterocycles. The van der Waals surface area contributed by atoms with Gasteiger partial charge in [-0.25, -0.2) is 9.07 Å². The number of amides is 1. The number of carbonyl (C=O) groups excluding carboxylic acids is 1. The molecule has 1 amide bonds. The molecule has 184 valence electrons. The lowest BCUT2D eigenvalue weighted by Crippen LogP contribution is -2.51. The molecule has 0 saturated heterocycles. The molecule has 1 aromatic carbocycles. The van der Waals surface area contributed by atoms with Crippen LogP contribution in [-0.2, 0) is 4.79 Å². The Morgan fingerprint density at radius 1 is 1.08 bits per heavy atom. The molecule has 4 fully saturated rings. The lowest BCUT2D eigenvalue weighted by Gasteiger charge is -2.55. The van der Waals surface area contributed by atoms with Crippen molar-refractivity contribution in [3.05, 3.63) is 58.4 Å². The number of anilines is 1. The van der Waals surface area contributed by atoms with Gasteiger partial charge < -0.3 is 5.32 Å². The first kappa shape index (κ1) is 21.5. The fraction of sp³-hybridized carbons (Fsp3) is 0.423. The van der Waals surface area contributed by atoms with E-state index in [0.29, 0.717) is 46.0 Å². The van der Waals surface area contributed by atoms with Gasteiger partial charge in [-0.15, -0.1) is 0 Å². The number of nitrogens with zero attached hydrogens (tertiary/aromatic N) is 5. The number of benzene rings is 1. The van der Waals surface area contributed by atoms with Crippen molar-refractivity contribution in [1.82, 2.24) is 29.5 Å². The van der Waals surface area contributed by atoms with Gasteiger partial charge in [-0.2, -0.15) is 19.9 Å². The molecule has 2 N–H and O–H groups in total. The van der Waals surface area contributed by atoms with Crippen LogP contribution in [0.3, 0.4) is 0 Å². The van der Waals surface area contributed by atoms with Gasteiger partial charge in [0.2, 0.25) is 11.9 Å². The van der Waals surface area contributed by atoms with Crippen molar-refractivity contribution in [1.29, 1.82) is 0 Å². The highest BCUT2D eigenvalue weighted by Gasteiger charge is 2.54. The highest BCUT2D eigenvalue weighted by Crippen LogP contribution is 2.60. The first-order valence-electron chi connectivity index (χ1n) is 12.5. The number of halogens is 1. The summed E-state index contributed by atoms with van der Waals surface area (Å²) < 4.78 is 16.4. The van der Waals surface area contributed by atoms with Gasteiger partial charge in [0.05, 0.1) is 23.0 Å². The standard InChI is InChI=1S/C26H26FN7O2/c1-14-6-21(29-24(36)26-10-15-7-16(11-26)9-17(8-15)12-26)34(32-14)25-30-22-20(23(35)31-25)13-28-33(22)19-4-2-18(27)3-5-19/h2-6,13,15-17H,7-12H2,1H3,(H,29,36)(H,30,31,35). The van der Waals surface area contributed by atoms with E-state index in [1.54, 1.807) is 18.2 Å². The van der Waals surface area contributed by atoms with Crippen molar-refractivity contribution in [2.24, 2.45) is 23.2 Å². The van der Waals surface area contributed by atoms with Crippen LogP contribution in [0.15, 0.2) is 41.3 Å². The van der Waals surface area contributed by atoms with Gasteiger partial charge >= 0.3 is 0 Å². The topological polar surface area (TPSA) is 110 Å². The fourth-order valence-corrected chi connectivity index (χ4v) is 7.17. The number of hydrogen-bond donors (Lipinski definition) is 2. The van der Waals surface area contributed by atoms with E-state index in [2.05, 4.69) is 25.5 Å². The predicted molar refractivity (Wildman–Crippen MR) is 131 cm³/mol. The Morgan fingerprint density at radius 3 is 2.42 bits per heavy atom. The second-order valence-electron chi connectivity index (χ2n) is 10.9. The highest BCUT2D eigenvalue weighted by atomic mass is 19.1. The number of aromatic nitrogens is 6. The molecule has 3 heterocycles. The van der Waals surface area contributed by atoms with E-state index in [1.165, 1.54) is 47.0 Å². The first-order valence-corrected chi connectivity index (χ1v) is 12.5. The summed E-state index contributed by atoms with van der Waals surface area (Å²) in [5.74, 6) is 2.28. The second-order valence-corrected chi connectivity index (χ2v) is 10.9. The van der Waals surface area contributed by atoms with Gasteiger partial charge in [-0.05, 0) is 87.5 Å². The molecule has 4 saturated carbocycles. The summed E-state index contributed by atoms with van der Waals surface area (Å²) >= 11 is 0. The van der Waals surface area contributed by atoms with Crippen LogP contribution in [0.2, 0.25) is 0 Å². The number of rotatable bonds is 4. The largest absolute Gasteiger partial charge is 0.310 e. The average Bonchev–Trinajstić information content (AvgIpc) is 3.42. The molecule has 0 aliphatic heterocycles. The Kier molecular flexibility index (Phi) is 4.52. The maximum atomic E-state index is 13.7. The first-order chi connectivity index (χ1) is 17.4.